The summed E-state index contributed by atoms with van der Waals surface area (Å²) in [6, 6.07) is -1.21. The molecule has 1 aliphatic heterocycles. The molecule has 0 bridgehead atoms. The Labute approximate surface area is 131 Å². The number of amides is 2. The van der Waals surface area contributed by atoms with Crippen molar-refractivity contribution in [3.8, 4) is 0 Å². The van der Waals surface area contributed by atoms with Gasteiger partial charge in [0.15, 0.2) is 0 Å². The molecule has 1 rings (SSSR count). The molecule has 2 unspecified atom stereocenters. The van der Waals surface area contributed by atoms with Gasteiger partial charge in [-0.1, -0.05) is 6.92 Å². The van der Waals surface area contributed by atoms with E-state index >= 15 is 0 Å². The second kappa shape index (κ2) is 9.89. The van der Waals surface area contributed by atoms with Crippen molar-refractivity contribution >= 4 is 23.8 Å². The molecule has 1 aliphatic rings. The lowest BCUT2D eigenvalue weighted by molar-refractivity contribution is -0.139. The van der Waals surface area contributed by atoms with Crippen LogP contribution >= 0.6 is 11.8 Å². The maximum atomic E-state index is 11.8. The Morgan fingerprint density at radius 1 is 1.33 bits per heavy atom. The number of carbonyl (C=O) groups is 2. The number of nitrogens with zero attached hydrogens (tertiary/aromatic N) is 1. The molecule has 2 amide bonds. The highest BCUT2D eigenvalue weighted by Gasteiger charge is 2.20. The molecular formula is C14H27N3O3S. The Morgan fingerprint density at radius 3 is 2.57 bits per heavy atom. The van der Waals surface area contributed by atoms with Gasteiger partial charge in [-0.05, 0) is 50.3 Å². The second-order valence-electron chi connectivity index (χ2n) is 5.64. The van der Waals surface area contributed by atoms with E-state index in [9.17, 15) is 9.59 Å². The van der Waals surface area contributed by atoms with Crippen LogP contribution in [0.25, 0.3) is 0 Å². The van der Waals surface area contributed by atoms with Gasteiger partial charge in [0.2, 0.25) is 0 Å². The number of likely N-dealkylation sites (tertiary alicyclic amines) is 1. The number of rotatable bonds is 9. The van der Waals surface area contributed by atoms with E-state index in [1.54, 1.807) is 11.8 Å². The van der Waals surface area contributed by atoms with Crippen LogP contribution in [0.15, 0.2) is 0 Å². The van der Waals surface area contributed by atoms with E-state index in [1.165, 1.54) is 12.8 Å². The van der Waals surface area contributed by atoms with Crippen molar-refractivity contribution in [3.05, 3.63) is 0 Å². The first kappa shape index (κ1) is 18.1. The Kier molecular flexibility index (Phi) is 8.52. The molecule has 1 fully saturated rings. The molecule has 0 saturated carbocycles. The molecule has 0 aromatic carbocycles. The maximum Gasteiger partial charge on any atom is 0.326 e. The lowest BCUT2D eigenvalue weighted by atomic mass is 10.1. The third kappa shape index (κ3) is 7.57. The predicted octanol–water partition coefficient (Wildman–Crippen LogP) is 1.22. The fourth-order valence-electron chi connectivity index (χ4n) is 2.44. The van der Waals surface area contributed by atoms with Gasteiger partial charge in [0, 0.05) is 13.1 Å². The zero-order valence-electron chi connectivity index (χ0n) is 12.9. The maximum absolute atomic E-state index is 11.8. The van der Waals surface area contributed by atoms with Crippen molar-refractivity contribution in [2.24, 2.45) is 5.92 Å². The summed E-state index contributed by atoms with van der Waals surface area (Å²) in [4.78, 5) is 25.2. The minimum Gasteiger partial charge on any atom is -0.480 e. The van der Waals surface area contributed by atoms with E-state index in [2.05, 4.69) is 22.5 Å². The molecule has 0 aromatic rings. The molecule has 122 valence electrons. The molecular weight excluding hydrogens is 290 g/mol. The van der Waals surface area contributed by atoms with Gasteiger partial charge in [-0.2, -0.15) is 11.8 Å². The number of carbonyl (C=O) groups excluding carboxylic acids is 1. The average molecular weight is 317 g/mol. The number of aliphatic carboxylic acids is 1. The normalized spacial score (nSPS) is 18.2. The summed E-state index contributed by atoms with van der Waals surface area (Å²) in [6.07, 6.45) is 4.87. The monoisotopic (exact) mass is 317 g/mol. The largest absolute Gasteiger partial charge is 0.480 e. The summed E-state index contributed by atoms with van der Waals surface area (Å²) in [5, 5.41) is 14.4. The highest BCUT2D eigenvalue weighted by Crippen LogP contribution is 2.09. The zero-order valence-corrected chi connectivity index (χ0v) is 13.7. The highest BCUT2D eigenvalue weighted by atomic mass is 32.2. The van der Waals surface area contributed by atoms with Gasteiger partial charge in [0.1, 0.15) is 6.04 Å². The van der Waals surface area contributed by atoms with E-state index in [4.69, 9.17) is 5.11 Å². The molecule has 1 saturated heterocycles. The van der Waals surface area contributed by atoms with Crippen molar-refractivity contribution in [1.82, 2.24) is 15.5 Å². The van der Waals surface area contributed by atoms with E-state index in [1.807, 2.05) is 6.26 Å². The molecule has 3 N–H and O–H groups in total. The Bertz CT molecular complexity index is 335. The van der Waals surface area contributed by atoms with Gasteiger partial charge in [-0.15, -0.1) is 0 Å². The molecule has 1 heterocycles. The van der Waals surface area contributed by atoms with Gasteiger partial charge in [-0.25, -0.2) is 9.59 Å². The first-order valence-electron chi connectivity index (χ1n) is 7.51. The molecule has 0 spiro atoms. The van der Waals surface area contributed by atoms with Gasteiger partial charge < -0.3 is 20.6 Å². The minimum absolute atomic E-state index is 0.364. The molecule has 21 heavy (non-hydrogen) atoms. The van der Waals surface area contributed by atoms with Crippen LogP contribution in [0.4, 0.5) is 4.79 Å². The van der Waals surface area contributed by atoms with Crippen LogP contribution in [-0.4, -0.2) is 66.2 Å². The van der Waals surface area contributed by atoms with E-state index in [0.717, 1.165) is 19.6 Å². The van der Waals surface area contributed by atoms with Crippen LogP contribution in [-0.2, 0) is 4.79 Å². The van der Waals surface area contributed by atoms with E-state index in [-0.39, 0.29) is 0 Å². The summed E-state index contributed by atoms with van der Waals surface area (Å²) in [5.74, 6) is 0.0930. The summed E-state index contributed by atoms with van der Waals surface area (Å²) in [7, 11) is 0. The van der Waals surface area contributed by atoms with Gasteiger partial charge in [-0.3, -0.25) is 0 Å². The van der Waals surface area contributed by atoms with Crippen molar-refractivity contribution < 1.29 is 14.7 Å². The smallest absolute Gasteiger partial charge is 0.326 e. The third-order valence-corrected chi connectivity index (χ3v) is 4.24. The summed E-state index contributed by atoms with van der Waals surface area (Å²) < 4.78 is 0. The van der Waals surface area contributed by atoms with Crippen molar-refractivity contribution in [2.45, 2.75) is 32.2 Å². The number of hydrogen-bond acceptors (Lipinski definition) is 4. The first-order chi connectivity index (χ1) is 10.0. The Hall–Kier alpha value is -0.950. The number of hydrogen-bond donors (Lipinski definition) is 3. The standard InChI is InChI=1S/C14H27N3O3S/c1-11(10-17-6-3-4-7-17)9-15-14(20)16-12(13(18)19)5-8-21-2/h11-12H,3-10H2,1-2H3,(H,18,19)(H2,15,16,20). The number of thioether (sulfide) groups is 1. The fraction of sp³-hybridized carbons (Fsp3) is 0.857. The Morgan fingerprint density at radius 2 is 2.00 bits per heavy atom. The van der Waals surface area contributed by atoms with Crippen LogP contribution < -0.4 is 10.6 Å². The molecule has 2 atom stereocenters. The third-order valence-electron chi connectivity index (χ3n) is 3.59. The summed E-state index contributed by atoms with van der Waals surface area (Å²) in [6.45, 7) is 5.94. The van der Waals surface area contributed by atoms with Crippen LogP contribution in [0.2, 0.25) is 0 Å². The average Bonchev–Trinajstić information content (AvgIpc) is 2.93. The summed E-state index contributed by atoms with van der Waals surface area (Å²) >= 11 is 1.57. The van der Waals surface area contributed by atoms with Gasteiger partial charge >= 0.3 is 12.0 Å². The minimum atomic E-state index is -0.982. The Balaban J connectivity index is 2.22. The number of carboxylic acids is 1. The molecule has 0 aromatic heterocycles. The van der Waals surface area contributed by atoms with E-state index < -0.39 is 18.0 Å². The highest BCUT2D eigenvalue weighted by molar-refractivity contribution is 7.98. The lowest BCUT2D eigenvalue weighted by Gasteiger charge is -2.21. The van der Waals surface area contributed by atoms with Crippen LogP contribution in [0.5, 0.6) is 0 Å². The molecule has 0 aliphatic carbocycles. The topological polar surface area (TPSA) is 81.7 Å². The van der Waals surface area contributed by atoms with Gasteiger partial charge in [0.05, 0.1) is 0 Å². The summed E-state index contributed by atoms with van der Waals surface area (Å²) in [5.41, 5.74) is 0. The number of carboxylic acid groups (broad SMARTS) is 1. The van der Waals surface area contributed by atoms with E-state index in [0.29, 0.717) is 24.6 Å². The quantitative estimate of drug-likeness (QED) is 0.596. The van der Waals surface area contributed by atoms with Crippen molar-refractivity contribution in [3.63, 3.8) is 0 Å². The van der Waals surface area contributed by atoms with Crippen LogP contribution in [0, 0.1) is 5.92 Å². The molecule has 6 nitrogen and oxygen atoms in total. The number of urea groups is 1. The molecule has 7 heteroatoms. The fourth-order valence-corrected chi connectivity index (χ4v) is 2.91. The molecule has 0 radical (unpaired) electrons. The SMILES string of the molecule is CSCCC(NC(=O)NCC(C)CN1CCCC1)C(=O)O. The number of nitrogens with one attached hydrogen (secondary N) is 2. The predicted molar refractivity (Wildman–Crippen MR) is 85.8 cm³/mol. The lowest BCUT2D eigenvalue weighted by Crippen LogP contribution is -2.47. The van der Waals surface area contributed by atoms with Crippen molar-refractivity contribution in [2.75, 3.05) is 38.2 Å². The van der Waals surface area contributed by atoms with Gasteiger partial charge in [0.25, 0.3) is 0 Å². The van der Waals surface area contributed by atoms with Crippen LogP contribution in [0.3, 0.4) is 0 Å². The first-order valence-corrected chi connectivity index (χ1v) is 8.90. The van der Waals surface area contributed by atoms with Crippen LogP contribution in [0.1, 0.15) is 26.2 Å². The second-order valence-corrected chi connectivity index (χ2v) is 6.63. The zero-order chi connectivity index (χ0) is 15.7. The van der Waals surface area contributed by atoms with Crippen molar-refractivity contribution in [1.29, 1.82) is 0 Å².